The van der Waals surface area contributed by atoms with Gasteiger partial charge in [0.1, 0.15) is 5.56 Å². The van der Waals surface area contributed by atoms with Gasteiger partial charge in [-0.15, -0.1) is 0 Å². The molecule has 41 heavy (non-hydrogen) atoms. The first kappa shape index (κ1) is 33.3. The largest absolute Gasteiger partial charge is 0.540 e. The van der Waals surface area contributed by atoms with Crippen molar-refractivity contribution in [3.63, 3.8) is 0 Å². The molecule has 0 aromatic heterocycles. The average Bonchev–Trinajstić information content (AvgIpc) is 3.62. The molecule has 1 aromatic rings. The molecule has 230 valence electrons. The van der Waals surface area contributed by atoms with Gasteiger partial charge in [0.25, 0.3) is 19.9 Å². The fourth-order valence-corrected chi connectivity index (χ4v) is 12.4. The molecule has 1 aliphatic heterocycles. The van der Waals surface area contributed by atoms with Crippen LogP contribution < -0.4 is 9.16 Å². The molecule has 3 rings (SSSR count). The van der Waals surface area contributed by atoms with E-state index in [0.29, 0.717) is 24.0 Å². The Morgan fingerprint density at radius 1 is 1.05 bits per heavy atom. The molecule has 1 atom stereocenters. The molecule has 1 fully saturated rings. The second kappa shape index (κ2) is 12.2. The lowest BCUT2D eigenvalue weighted by molar-refractivity contribution is -0.385. The third-order valence-electron chi connectivity index (χ3n) is 9.65. The first-order valence-corrected chi connectivity index (χ1v) is 20.1. The van der Waals surface area contributed by atoms with E-state index in [1.54, 1.807) is 4.90 Å². The number of benzene rings is 1. The fourth-order valence-electron chi connectivity index (χ4n) is 6.11. The zero-order valence-corrected chi connectivity index (χ0v) is 29.3. The van der Waals surface area contributed by atoms with E-state index in [1.807, 2.05) is 6.20 Å². The highest BCUT2D eigenvalue weighted by Crippen LogP contribution is 2.47. The molecule has 2 aliphatic rings. The number of methoxy groups -OCH3 is 1. The molecule has 0 spiro atoms. The number of carbonyl (C=O) groups excluding carboxylic acids is 1. The van der Waals surface area contributed by atoms with Gasteiger partial charge < -0.3 is 18.5 Å². The van der Waals surface area contributed by atoms with Gasteiger partial charge in [-0.25, -0.2) is 0 Å². The van der Waals surface area contributed by atoms with Crippen LogP contribution in [0.4, 0.5) is 5.69 Å². The summed E-state index contributed by atoms with van der Waals surface area (Å²) in [5.41, 5.74) is 1.79. The van der Waals surface area contributed by atoms with Crippen LogP contribution in [0.1, 0.15) is 91.9 Å². The van der Waals surface area contributed by atoms with Gasteiger partial charge in [-0.2, -0.15) is 0 Å². The summed E-state index contributed by atoms with van der Waals surface area (Å²) in [5, 5.41) is 12.4. The Labute approximate surface area is 249 Å². The van der Waals surface area contributed by atoms with Gasteiger partial charge in [-0.3, -0.25) is 14.9 Å². The van der Waals surface area contributed by atoms with Crippen molar-refractivity contribution in [1.82, 2.24) is 4.90 Å². The molecule has 1 saturated carbocycles. The Kier molecular flexibility index (Phi) is 9.92. The number of ether oxygens (including phenoxy) is 1. The van der Waals surface area contributed by atoms with E-state index in [0.717, 1.165) is 19.3 Å². The molecule has 10 heteroatoms. The smallest absolute Gasteiger partial charge is 0.286 e. The zero-order valence-electron chi connectivity index (χ0n) is 27.3. The van der Waals surface area contributed by atoms with E-state index in [2.05, 4.69) is 75.4 Å². The van der Waals surface area contributed by atoms with Crippen molar-refractivity contribution in [2.24, 2.45) is 5.92 Å². The predicted molar refractivity (Wildman–Crippen MR) is 170 cm³/mol. The summed E-state index contributed by atoms with van der Waals surface area (Å²) in [4.78, 5) is 27.7. The second-order valence-electron chi connectivity index (χ2n) is 14.3. The van der Waals surface area contributed by atoms with Crippen LogP contribution >= 0.6 is 0 Å². The van der Waals surface area contributed by atoms with E-state index in [-0.39, 0.29) is 39.0 Å². The molecule has 1 amide bonds. The number of amides is 1. The molecular weight excluding hydrogens is 553 g/mol. The second-order valence-corrected chi connectivity index (χ2v) is 24.5. The van der Waals surface area contributed by atoms with Crippen LogP contribution in [0.3, 0.4) is 0 Å². The lowest BCUT2D eigenvalue weighted by Gasteiger charge is -2.42. The van der Waals surface area contributed by atoms with Crippen LogP contribution in [0.5, 0.6) is 11.5 Å². The van der Waals surface area contributed by atoms with Crippen molar-refractivity contribution < 1.29 is 23.3 Å². The van der Waals surface area contributed by atoms with Gasteiger partial charge in [0, 0.05) is 12.3 Å². The number of hydrogen-bond acceptors (Lipinski definition) is 6. The number of carbonyl (C=O) groups is 1. The van der Waals surface area contributed by atoms with E-state index in [9.17, 15) is 14.9 Å². The average molecular weight is 605 g/mol. The molecule has 1 heterocycles. The van der Waals surface area contributed by atoms with E-state index in [4.69, 9.17) is 13.6 Å². The van der Waals surface area contributed by atoms with Gasteiger partial charge in [0.15, 0.2) is 19.8 Å². The Hall–Kier alpha value is -2.18. The van der Waals surface area contributed by atoms with Crippen molar-refractivity contribution >= 4 is 28.2 Å². The third-order valence-corrected chi connectivity index (χ3v) is 20.1. The summed E-state index contributed by atoms with van der Waals surface area (Å²) in [6.07, 6.45) is 4.91. The Balaban J connectivity index is 2.04. The monoisotopic (exact) mass is 604 g/mol. The van der Waals surface area contributed by atoms with Gasteiger partial charge >= 0.3 is 0 Å². The van der Waals surface area contributed by atoms with Crippen LogP contribution in [-0.4, -0.2) is 52.1 Å². The van der Waals surface area contributed by atoms with Gasteiger partial charge in [-0.1, -0.05) is 62.3 Å². The minimum Gasteiger partial charge on any atom is -0.540 e. The maximum Gasteiger partial charge on any atom is 0.286 e. The summed E-state index contributed by atoms with van der Waals surface area (Å²) in [5.74, 6) is 0.773. The summed E-state index contributed by atoms with van der Waals surface area (Å²) in [7, 11) is -2.97. The van der Waals surface area contributed by atoms with Crippen molar-refractivity contribution in [1.29, 1.82) is 0 Å². The minimum absolute atomic E-state index is 0.00994. The van der Waals surface area contributed by atoms with Crippen LogP contribution in [0.2, 0.25) is 34.8 Å². The van der Waals surface area contributed by atoms with E-state index in [1.165, 1.54) is 24.8 Å². The SMILES string of the molecule is COc1cc(C(=O)N2C=C(C3CC3)C[C@H]2CO[Si](C)(C)C(C)(C)C)c([N+](=O)[O-])cc1O[Si](C(C)C)(C(C)C)C(C)C. The van der Waals surface area contributed by atoms with Gasteiger partial charge in [0.05, 0.1) is 30.7 Å². The molecule has 0 bridgehead atoms. The Morgan fingerprint density at radius 2 is 1.61 bits per heavy atom. The molecule has 1 aliphatic carbocycles. The van der Waals surface area contributed by atoms with Gasteiger partial charge in [-0.05, 0) is 65.5 Å². The summed E-state index contributed by atoms with van der Waals surface area (Å²) >= 11 is 0. The molecule has 0 radical (unpaired) electrons. The van der Waals surface area contributed by atoms with Crippen molar-refractivity contribution in [2.45, 2.75) is 122 Å². The van der Waals surface area contributed by atoms with Crippen LogP contribution in [0, 0.1) is 16.0 Å². The highest BCUT2D eigenvalue weighted by molar-refractivity contribution is 6.78. The van der Waals surface area contributed by atoms with Crippen molar-refractivity contribution in [3.8, 4) is 11.5 Å². The lowest BCUT2D eigenvalue weighted by atomic mass is 10.1. The lowest BCUT2D eigenvalue weighted by Crippen LogP contribution is -2.50. The topological polar surface area (TPSA) is 91.1 Å². The van der Waals surface area contributed by atoms with Crippen LogP contribution in [0.25, 0.3) is 0 Å². The number of hydrogen-bond donors (Lipinski definition) is 0. The minimum atomic E-state index is -2.43. The first-order chi connectivity index (χ1) is 18.9. The molecule has 0 unspecified atom stereocenters. The maximum atomic E-state index is 14.1. The van der Waals surface area contributed by atoms with Crippen LogP contribution in [-0.2, 0) is 4.43 Å². The number of rotatable bonds is 12. The normalized spacial score (nSPS) is 18.4. The van der Waals surface area contributed by atoms with E-state index >= 15 is 0 Å². The summed E-state index contributed by atoms with van der Waals surface area (Å²) in [6.45, 7) is 24.4. The summed E-state index contributed by atoms with van der Waals surface area (Å²) in [6, 6.07) is 2.71. The number of nitro benzene ring substituents is 1. The number of nitro groups is 1. The van der Waals surface area contributed by atoms with E-state index < -0.39 is 27.5 Å². The fraction of sp³-hybridized carbons (Fsp3) is 0.710. The molecule has 1 aromatic carbocycles. The molecular formula is C31H52N2O6Si2. The predicted octanol–water partition coefficient (Wildman–Crippen LogP) is 8.69. The highest BCUT2D eigenvalue weighted by atomic mass is 28.4. The summed E-state index contributed by atoms with van der Waals surface area (Å²) < 4.78 is 19.1. The maximum absolute atomic E-state index is 14.1. The Bertz CT molecular complexity index is 1150. The van der Waals surface area contributed by atoms with Crippen LogP contribution in [0.15, 0.2) is 23.9 Å². The zero-order chi connectivity index (χ0) is 31.1. The van der Waals surface area contributed by atoms with Crippen molar-refractivity contribution in [3.05, 3.63) is 39.6 Å². The highest BCUT2D eigenvalue weighted by Gasteiger charge is 2.48. The first-order valence-electron chi connectivity index (χ1n) is 15.1. The molecule has 0 saturated heterocycles. The van der Waals surface area contributed by atoms with Gasteiger partial charge in [0.2, 0.25) is 0 Å². The quantitative estimate of drug-likeness (QED) is 0.135. The number of nitrogens with zero attached hydrogens (tertiary/aromatic N) is 2. The molecule has 0 N–H and O–H groups in total. The third kappa shape index (κ3) is 6.75. The Morgan fingerprint density at radius 3 is 2.05 bits per heavy atom. The molecule has 8 nitrogen and oxygen atoms in total. The standard InChI is InChI=1S/C31H52N2O6Si2/c1-20(2)41(21(3)4,22(5)6)39-29-17-27(33(35)36)26(16-28(29)37-10)30(34)32-18-24(23-13-14-23)15-25(32)19-38-40(11,12)31(7,8)9/h16-18,20-23,25H,13-15,19H2,1-12H3/t25-/m0/s1. The van der Waals surface area contributed by atoms with Crippen molar-refractivity contribution in [2.75, 3.05) is 13.7 Å².